The van der Waals surface area contributed by atoms with E-state index < -0.39 is 0 Å². The minimum Gasteiger partial charge on any atom is -0.381 e. The lowest BCUT2D eigenvalue weighted by Gasteiger charge is -1.95. The van der Waals surface area contributed by atoms with Gasteiger partial charge in [-0.25, -0.2) is 15.0 Å². The van der Waals surface area contributed by atoms with E-state index in [1.807, 2.05) is 16.8 Å². The largest absolute Gasteiger partial charge is 0.381 e. The molecule has 0 unspecified atom stereocenters. The molecule has 0 aliphatic carbocycles. The van der Waals surface area contributed by atoms with Gasteiger partial charge in [0.15, 0.2) is 29.5 Å². The zero-order valence-electron chi connectivity index (χ0n) is 16.1. The van der Waals surface area contributed by atoms with Crippen molar-refractivity contribution in [3.8, 4) is 0 Å². The molecule has 5 aromatic heterocycles. The maximum absolute atomic E-state index is 6.70. The predicted octanol–water partition coefficient (Wildman–Crippen LogP) is 2.08. The molecule has 5 aromatic rings. The fourth-order valence-corrected chi connectivity index (χ4v) is 2.24. The monoisotopic (exact) mass is 412 g/mol. The van der Waals surface area contributed by atoms with Crippen LogP contribution in [-0.2, 0) is 6.54 Å². The van der Waals surface area contributed by atoms with Gasteiger partial charge in [0.1, 0.15) is 0 Å². The van der Waals surface area contributed by atoms with Crippen molar-refractivity contribution in [1.82, 2.24) is 38.7 Å². The summed E-state index contributed by atoms with van der Waals surface area (Å²) in [6.45, 7) is 13.7. The molecule has 0 aromatic carbocycles. The lowest BCUT2D eigenvalue weighted by Crippen LogP contribution is -2.00. The van der Waals surface area contributed by atoms with E-state index in [1.165, 1.54) is 12.4 Å². The second-order valence-corrected chi connectivity index (χ2v) is 5.74. The molecule has 0 spiro atoms. The summed E-state index contributed by atoms with van der Waals surface area (Å²) in [7, 11) is 0. The van der Waals surface area contributed by atoms with Gasteiger partial charge in [0.25, 0.3) is 11.6 Å². The van der Waals surface area contributed by atoms with Gasteiger partial charge in [0.05, 0.1) is 18.1 Å². The van der Waals surface area contributed by atoms with E-state index in [0.717, 1.165) is 17.0 Å². The van der Waals surface area contributed by atoms with Crippen LogP contribution in [-0.4, -0.2) is 38.7 Å². The van der Waals surface area contributed by atoms with Crippen LogP contribution in [0.5, 0.6) is 0 Å². The molecule has 0 saturated heterocycles. The summed E-state index contributed by atoms with van der Waals surface area (Å²) >= 11 is 0. The van der Waals surface area contributed by atoms with Gasteiger partial charge in [-0.05, 0) is 0 Å². The number of nitrogens with two attached hydrogens (primary N) is 2. The van der Waals surface area contributed by atoms with Crippen molar-refractivity contribution in [1.29, 1.82) is 0 Å². The van der Waals surface area contributed by atoms with Gasteiger partial charge in [-0.3, -0.25) is 4.98 Å². The van der Waals surface area contributed by atoms with E-state index in [9.17, 15) is 0 Å². The van der Waals surface area contributed by atoms with Crippen molar-refractivity contribution in [3.05, 3.63) is 90.5 Å². The van der Waals surface area contributed by atoms with E-state index in [-0.39, 0.29) is 5.82 Å². The molecule has 0 saturated carbocycles. The van der Waals surface area contributed by atoms with Crippen LogP contribution in [0.2, 0.25) is 0 Å². The Bertz CT molecular complexity index is 1350. The van der Waals surface area contributed by atoms with Crippen LogP contribution in [0.15, 0.2) is 62.0 Å². The SMILES string of the molecule is NCc1cn2ccnc2cn1.[C-]#[N+]c1cn2ccnc2cn1.[C-]#[N+]c1cnc(N)cn1. The van der Waals surface area contributed by atoms with Gasteiger partial charge in [-0.15, -0.1) is 9.97 Å². The third kappa shape index (κ3) is 5.54. The standard InChI is InChI=1S/C7H4N4.C7H8N4.C5H4N4/c1-8-6-5-11-3-2-9-7(11)4-10-6;8-3-6-5-11-2-1-9-7(11)4-10-6;1-7-5-3-8-4(6)2-9-5/h2-5H;1-2,4-5H,3,8H2;2-3H,(H2,6,8). The average molecular weight is 412 g/mol. The number of rotatable bonds is 1. The average Bonchev–Trinajstić information content (AvgIpc) is 3.48. The first-order valence-electron chi connectivity index (χ1n) is 8.71. The molecule has 31 heavy (non-hydrogen) atoms. The number of hydrogen-bond donors (Lipinski definition) is 2. The molecule has 0 amide bonds. The first-order chi connectivity index (χ1) is 15.1. The van der Waals surface area contributed by atoms with Gasteiger partial charge in [0, 0.05) is 43.7 Å². The quantitative estimate of drug-likeness (QED) is 0.398. The van der Waals surface area contributed by atoms with Gasteiger partial charge in [0.2, 0.25) is 0 Å². The topological polar surface area (TPSA) is 147 Å². The minimum absolute atomic E-state index is 0.268. The van der Waals surface area contributed by atoms with Gasteiger partial charge < -0.3 is 30.0 Å². The number of imidazole rings is 2. The Kier molecular flexibility index (Phi) is 6.71. The fourth-order valence-electron chi connectivity index (χ4n) is 2.24. The third-order valence-electron chi connectivity index (χ3n) is 3.69. The zero-order valence-corrected chi connectivity index (χ0v) is 16.1. The van der Waals surface area contributed by atoms with Gasteiger partial charge in [-0.2, -0.15) is 0 Å². The third-order valence-corrected chi connectivity index (χ3v) is 3.69. The summed E-state index contributed by atoms with van der Waals surface area (Å²) in [6, 6.07) is 0. The number of hydrogen-bond acceptors (Lipinski definition) is 8. The van der Waals surface area contributed by atoms with Crippen LogP contribution in [0.25, 0.3) is 21.0 Å². The van der Waals surface area contributed by atoms with E-state index in [0.29, 0.717) is 18.2 Å². The molecule has 12 heteroatoms. The van der Waals surface area contributed by atoms with Crippen LogP contribution in [0, 0.1) is 13.1 Å². The number of nitrogens with zero attached hydrogens (tertiary/aromatic N) is 10. The summed E-state index contributed by atoms with van der Waals surface area (Å²) in [4.78, 5) is 29.5. The van der Waals surface area contributed by atoms with E-state index in [2.05, 4.69) is 39.6 Å². The second-order valence-electron chi connectivity index (χ2n) is 5.74. The molecule has 0 aliphatic heterocycles. The first-order valence-corrected chi connectivity index (χ1v) is 8.71. The van der Waals surface area contributed by atoms with E-state index >= 15 is 0 Å². The maximum atomic E-state index is 6.70. The Balaban J connectivity index is 0.000000133. The smallest absolute Gasteiger partial charge is 0.288 e. The maximum Gasteiger partial charge on any atom is 0.288 e. The summed E-state index contributed by atoms with van der Waals surface area (Å²) in [5.74, 6) is 0.988. The highest BCUT2D eigenvalue weighted by Crippen LogP contribution is 2.07. The van der Waals surface area contributed by atoms with Crippen molar-refractivity contribution in [2.75, 3.05) is 5.73 Å². The van der Waals surface area contributed by atoms with Crippen LogP contribution in [0.3, 0.4) is 0 Å². The highest BCUT2D eigenvalue weighted by Gasteiger charge is 1.97. The molecule has 12 nitrogen and oxygen atoms in total. The minimum atomic E-state index is 0.268. The summed E-state index contributed by atoms with van der Waals surface area (Å²) < 4.78 is 3.66. The molecule has 5 heterocycles. The Labute approximate surface area is 176 Å². The van der Waals surface area contributed by atoms with Crippen LogP contribution in [0.4, 0.5) is 17.5 Å². The molecule has 0 aliphatic rings. The molecule has 152 valence electrons. The van der Waals surface area contributed by atoms with Crippen molar-refractivity contribution < 1.29 is 0 Å². The Morgan fingerprint density at radius 2 is 1.35 bits per heavy atom. The highest BCUT2D eigenvalue weighted by molar-refractivity contribution is 5.42. The number of nitrogen functional groups attached to an aromatic ring is 1. The predicted molar refractivity (Wildman–Crippen MR) is 113 cm³/mol. The molecule has 5 rings (SSSR count). The van der Waals surface area contributed by atoms with Crippen molar-refractivity contribution in [2.45, 2.75) is 6.54 Å². The van der Waals surface area contributed by atoms with E-state index in [4.69, 9.17) is 24.6 Å². The second kappa shape index (κ2) is 10.0. The Hall–Kier alpha value is -4.94. The number of anilines is 1. The van der Waals surface area contributed by atoms with Crippen LogP contribution < -0.4 is 11.5 Å². The number of fused-ring (bicyclic) bond motifs is 2. The van der Waals surface area contributed by atoms with Crippen molar-refractivity contribution >= 4 is 28.7 Å². The molecular formula is C19H16N12. The molecule has 0 fully saturated rings. The summed E-state index contributed by atoms with van der Waals surface area (Å²) in [5, 5.41) is 0. The fraction of sp³-hybridized carbons (Fsp3) is 0.0526. The molecular weight excluding hydrogens is 396 g/mol. The lowest BCUT2D eigenvalue weighted by molar-refractivity contribution is 0.950. The molecule has 4 N–H and O–H groups in total. The molecule has 0 radical (unpaired) electrons. The molecule has 0 atom stereocenters. The first kappa shape index (κ1) is 20.8. The highest BCUT2D eigenvalue weighted by atomic mass is 15.0. The zero-order chi connectivity index (χ0) is 22.1. The van der Waals surface area contributed by atoms with Gasteiger partial charge in [-0.1, -0.05) is 13.1 Å². The van der Waals surface area contributed by atoms with Crippen molar-refractivity contribution in [3.63, 3.8) is 0 Å². The van der Waals surface area contributed by atoms with Crippen LogP contribution in [0.1, 0.15) is 5.69 Å². The number of aromatic nitrogens is 8. The van der Waals surface area contributed by atoms with Crippen LogP contribution >= 0.6 is 0 Å². The summed E-state index contributed by atoms with van der Waals surface area (Å²) in [6.07, 6.45) is 16.6. The van der Waals surface area contributed by atoms with Crippen molar-refractivity contribution in [2.24, 2.45) is 5.73 Å². The molecule has 0 bridgehead atoms. The van der Waals surface area contributed by atoms with Gasteiger partial charge >= 0.3 is 0 Å². The lowest BCUT2D eigenvalue weighted by atomic mass is 10.4. The normalized spacial score (nSPS) is 9.65. The summed E-state index contributed by atoms with van der Waals surface area (Å²) in [5.41, 5.74) is 13.1. The Morgan fingerprint density at radius 1 is 0.742 bits per heavy atom. The van der Waals surface area contributed by atoms with E-state index in [1.54, 1.807) is 41.6 Å². The Morgan fingerprint density at radius 3 is 1.94 bits per heavy atom.